The van der Waals surface area contributed by atoms with Crippen LogP contribution in [0, 0.1) is 33.6 Å². The van der Waals surface area contributed by atoms with Crippen LogP contribution in [0.2, 0.25) is 0 Å². The molecule has 0 spiro atoms. The van der Waals surface area contributed by atoms with Gasteiger partial charge in [-0.2, -0.15) is 0 Å². The Morgan fingerprint density at radius 3 is 2.06 bits per heavy atom. The van der Waals surface area contributed by atoms with Crippen LogP contribution < -0.4 is 5.32 Å². The number of aryl methyl sites for hydroxylation is 2. The summed E-state index contributed by atoms with van der Waals surface area (Å²) in [7, 11) is 0. The van der Waals surface area contributed by atoms with Gasteiger partial charge in [-0.05, 0) is 80.8 Å². The van der Waals surface area contributed by atoms with Crippen LogP contribution in [-0.2, 0) is 0 Å². The van der Waals surface area contributed by atoms with Crippen molar-refractivity contribution in [1.29, 1.82) is 0 Å². The quantitative estimate of drug-likeness (QED) is 0.830. The molecular weight excluding hydrogens is 218 g/mol. The van der Waals surface area contributed by atoms with Gasteiger partial charge in [-0.25, -0.2) is 0 Å². The van der Waals surface area contributed by atoms with E-state index in [0.717, 1.165) is 12.5 Å². The molecule has 1 N–H and O–H groups in total. The summed E-state index contributed by atoms with van der Waals surface area (Å²) in [6.45, 7) is 12.4. The second-order valence-corrected chi connectivity index (χ2v) is 5.90. The lowest BCUT2D eigenvalue weighted by Crippen LogP contribution is -2.33. The summed E-state index contributed by atoms with van der Waals surface area (Å²) < 4.78 is 0. The summed E-state index contributed by atoms with van der Waals surface area (Å²) in [5.74, 6) is 0.851. The summed E-state index contributed by atoms with van der Waals surface area (Å²) in [6.07, 6.45) is 4.20. The molecule has 1 atom stereocenters. The van der Waals surface area contributed by atoms with E-state index in [0.29, 0.717) is 6.04 Å². The van der Waals surface area contributed by atoms with E-state index in [-0.39, 0.29) is 0 Å². The van der Waals surface area contributed by atoms with Gasteiger partial charge in [0.2, 0.25) is 0 Å². The Morgan fingerprint density at radius 1 is 1.11 bits per heavy atom. The fraction of sp³-hybridized carbons (Fsp3) is 0.647. The zero-order valence-corrected chi connectivity index (χ0v) is 12.6. The van der Waals surface area contributed by atoms with E-state index in [4.69, 9.17) is 0 Å². The molecule has 0 saturated heterocycles. The molecule has 0 radical (unpaired) electrons. The highest BCUT2D eigenvalue weighted by Crippen LogP contribution is 2.40. The molecule has 18 heavy (non-hydrogen) atoms. The molecular formula is C17H27N. The Balaban J connectivity index is 2.45. The lowest BCUT2D eigenvalue weighted by atomic mass is 9.74. The summed E-state index contributed by atoms with van der Waals surface area (Å²) in [4.78, 5) is 0. The number of nitrogens with one attached hydrogen (secondary N) is 1. The Labute approximate surface area is 112 Å². The molecule has 100 valence electrons. The monoisotopic (exact) mass is 245 g/mol. The van der Waals surface area contributed by atoms with Gasteiger partial charge in [0.05, 0.1) is 0 Å². The third-order valence-electron chi connectivity index (χ3n) is 4.78. The van der Waals surface area contributed by atoms with Gasteiger partial charge in [0, 0.05) is 6.04 Å². The van der Waals surface area contributed by atoms with Gasteiger partial charge >= 0.3 is 0 Å². The second kappa shape index (κ2) is 5.44. The predicted octanol–water partition coefficient (Wildman–Crippen LogP) is 4.37. The zero-order chi connectivity index (χ0) is 13.3. The molecule has 2 rings (SSSR count). The van der Waals surface area contributed by atoms with E-state index >= 15 is 0 Å². The fourth-order valence-electron chi connectivity index (χ4n) is 3.21. The van der Waals surface area contributed by atoms with E-state index in [9.17, 15) is 0 Å². The van der Waals surface area contributed by atoms with Crippen molar-refractivity contribution in [2.75, 3.05) is 6.54 Å². The molecule has 1 aromatic rings. The normalized spacial score (nSPS) is 17.6. The minimum absolute atomic E-state index is 0.572. The van der Waals surface area contributed by atoms with Crippen LogP contribution in [0.5, 0.6) is 0 Å². The van der Waals surface area contributed by atoms with Gasteiger partial charge in [0.1, 0.15) is 0 Å². The summed E-state index contributed by atoms with van der Waals surface area (Å²) >= 11 is 0. The number of benzene rings is 1. The second-order valence-electron chi connectivity index (χ2n) is 5.90. The van der Waals surface area contributed by atoms with Crippen LogP contribution in [0.15, 0.2) is 6.07 Å². The number of hydrogen-bond donors (Lipinski definition) is 1. The standard InChI is InChI=1S/C17H27N/c1-6-18-17(15-8-7-9-15)16-13(4)11(2)10-12(3)14(16)5/h10,15,17-18H,6-9H2,1-5H3. The Hall–Kier alpha value is -0.820. The van der Waals surface area contributed by atoms with Crippen molar-refractivity contribution in [2.45, 2.75) is 59.9 Å². The summed E-state index contributed by atoms with van der Waals surface area (Å²) in [5.41, 5.74) is 7.46. The van der Waals surface area contributed by atoms with Crippen molar-refractivity contribution in [3.63, 3.8) is 0 Å². The Kier molecular flexibility index (Phi) is 4.11. The highest BCUT2D eigenvalue weighted by Gasteiger charge is 2.30. The first-order valence-electron chi connectivity index (χ1n) is 7.37. The Morgan fingerprint density at radius 2 is 1.67 bits per heavy atom. The third kappa shape index (κ3) is 2.33. The average molecular weight is 245 g/mol. The first-order chi connectivity index (χ1) is 8.56. The molecule has 1 nitrogen and oxygen atoms in total. The number of rotatable bonds is 4. The molecule has 0 bridgehead atoms. The predicted molar refractivity (Wildman–Crippen MR) is 79.1 cm³/mol. The first kappa shape index (κ1) is 13.6. The topological polar surface area (TPSA) is 12.0 Å². The lowest BCUT2D eigenvalue weighted by Gasteiger charge is -2.37. The SMILES string of the molecule is CCNC(c1c(C)c(C)cc(C)c1C)C1CCC1. The van der Waals surface area contributed by atoms with Gasteiger partial charge in [-0.1, -0.05) is 19.4 Å². The molecule has 1 aromatic carbocycles. The maximum Gasteiger partial charge on any atom is 0.0354 e. The van der Waals surface area contributed by atoms with Gasteiger partial charge < -0.3 is 5.32 Å². The molecule has 1 aliphatic rings. The van der Waals surface area contributed by atoms with Crippen molar-refractivity contribution in [3.8, 4) is 0 Å². The molecule has 1 saturated carbocycles. The van der Waals surface area contributed by atoms with Gasteiger partial charge in [0.25, 0.3) is 0 Å². The van der Waals surface area contributed by atoms with E-state index < -0.39 is 0 Å². The maximum absolute atomic E-state index is 3.74. The number of hydrogen-bond acceptors (Lipinski definition) is 1. The smallest absolute Gasteiger partial charge is 0.0354 e. The van der Waals surface area contributed by atoms with Gasteiger partial charge in [0.15, 0.2) is 0 Å². The van der Waals surface area contributed by atoms with Crippen molar-refractivity contribution in [3.05, 3.63) is 33.9 Å². The highest BCUT2D eigenvalue weighted by atomic mass is 14.9. The molecule has 1 fully saturated rings. The minimum atomic E-state index is 0.572. The van der Waals surface area contributed by atoms with Crippen LogP contribution >= 0.6 is 0 Å². The van der Waals surface area contributed by atoms with Crippen LogP contribution in [0.4, 0.5) is 0 Å². The zero-order valence-electron chi connectivity index (χ0n) is 12.6. The Bertz CT molecular complexity index is 403. The lowest BCUT2D eigenvalue weighted by molar-refractivity contribution is 0.232. The van der Waals surface area contributed by atoms with E-state index in [1.165, 1.54) is 41.5 Å². The van der Waals surface area contributed by atoms with Crippen molar-refractivity contribution in [2.24, 2.45) is 5.92 Å². The van der Waals surface area contributed by atoms with E-state index in [1.807, 2.05) is 0 Å². The average Bonchev–Trinajstić information content (AvgIpc) is 2.25. The third-order valence-corrected chi connectivity index (χ3v) is 4.78. The van der Waals surface area contributed by atoms with Crippen LogP contribution in [-0.4, -0.2) is 6.54 Å². The summed E-state index contributed by atoms with van der Waals surface area (Å²) in [5, 5.41) is 3.74. The van der Waals surface area contributed by atoms with Crippen LogP contribution in [0.3, 0.4) is 0 Å². The van der Waals surface area contributed by atoms with Gasteiger partial charge in [-0.3, -0.25) is 0 Å². The molecule has 0 aliphatic heterocycles. The molecule has 1 heteroatoms. The van der Waals surface area contributed by atoms with Crippen LogP contribution in [0.1, 0.15) is 60.0 Å². The highest BCUT2D eigenvalue weighted by molar-refractivity contribution is 5.46. The van der Waals surface area contributed by atoms with Crippen molar-refractivity contribution >= 4 is 0 Å². The maximum atomic E-state index is 3.74. The van der Waals surface area contributed by atoms with Gasteiger partial charge in [-0.15, -0.1) is 0 Å². The minimum Gasteiger partial charge on any atom is -0.310 e. The van der Waals surface area contributed by atoms with E-state index in [1.54, 1.807) is 5.56 Å². The molecule has 0 aromatic heterocycles. The molecule has 1 aliphatic carbocycles. The molecule has 0 heterocycles. The fourth-order valence-corrected chi connectivity index (χ4v) is 3.21. The summed E-state index contributed by atoms with van der Waals surface area (Å²) in [6, 6.07) is 2.90. The van der Waals surface area contributed by atoms with Crippen LogP contribution in [0.25, 0.3) is 0 Å². The van der Waals surface area contributed by atoms with Crippen molar-refractivity contribution < 1.29 is 0 Å². The van der Waals surface area contributed by atoms with E-state index in [2.05, 4.69) is 46.0 Å². The molecule has 1 unspecified atom stereocenters. The molecule has 0 amide bonds. The van der Waals surface area contributed by atoms with Crippen molar-refractivity contribution in [1.82, 2.24) is 5.32 Å². The first-order valence-corrected chi connectivity index (χ1v) is 7.37. The largest absolute Gasteiger partial charge is 0.310 e.